The number of ether oxygens (including phenoxy) is 1. The van der Waals surface area contributed by atoms with Crippen LogP contribution < -0.4 is 5.32 Å². The van der Waals surface area contributed by atoms with Crippen molar-refractivity contribution in [3.8, 4) is 0 Å². The van der Waals surface area contributed by atoms with Gasteiger partial charge in [0.15, 0.2) is 0 Å². The van der Waals surface area contributed by atoms with E-state index in [2.05, 4.69) is 43.5 Å². The van der Waals surface area contributed by atoms with E-state index in [-0.39, 0.29) is 18.5 Å². The summed E-state index contributed by atoms with van der Waals surface area (Å²) in [6.45, 7) is 4.87. The van der Waals surface area contributed by atoms with Gasteiger partial charge in [-0.25, -0.2) is 0 Å². The Kier molecular flexibility index (Phi) is 57.0. The summed E-state index contributed by atoms with van der Waals surface area (Å²) in [6.07, 6.45) is 73.1. The van der Waals surface area contributed by atoms with E-state index in [4.69, 9.17) is 4.74 Å². The van der Waals surface area contributed by atoms with E-state index in [9.17, 15) is 19.8 Å². The lowest BCUT2D eigenvalue weighted by Gasteiger charge is -2.20. The molecule has 0 aliphatic heterocycles. The van der Waals surface area contributed by atoms with Crippen LogP contribution >= 0.6 is 0 Å². The van der Waals surface area contributed by atoms with Gasteiger partial charge in [-0.1, -0.05) is 288 Å². The Morgan fingerprint density at radius 2 is 0.725 bits per heavy atom. The minimum absolute atomic E-state index is 0.00685. The average molecular weight is 971 g/mol. The van der Waals surface area contributed by atoms with Gasteiger partial charge >= 0.3 is 5.97 Å². The summed E-state index contributed by atoms with van der Waals surface area (Å²) in [5, 5.41) is 23.2. The number of allylic oxidation sites excluding steroid dienone is 5. The molecule has 0 rings (SSSR count). The molecule has 2 unspecified atom stereocenters. The first-order chi connectivity index (χ1) is 34.0. The predicted molar refractivity (Wildman–Crippen MR) is 301 cm³/mol. The molecule has 0 heterocycles. The molecule has 406 valence electrons. The fourth-order valence-corrected chi connectivity index (χ4v) is 9.43. The Hall–Kier alpha value is -1.92. The highest BCUT2D eigenvalue weighted by Gasteiger charge is 2.18. The Labute approximate surface area is 430 Å². The summed E-state index contributed by atoms with van der Waals surface area (Å²) in [5.74, 6) is -0.0833. The third kappa shape index (κ3) is 55.2. The zero-order valence-electron chi connectivity index (χ0n) is 46.3. The van der Waals surface area contributed by atoms with E-state index < -0.39 is 12.1 Å². The van der Waals surface area contributed by atoms with Gasteiger partial charge in [-0.05, 0) is 64.2 Å². The van der Waals surface area contributed by atoms with Crippen molar-refractivity contribution in [2.24, 2.45) is 0 Å². The summed E-state index contributed by atoms with van der Waals surface area (Å²) >= 11 is 0. The third-order valence-electron chi connectivity index (χ3n) is 14.2. The van der Waals surface area contributed by atoms with Crippen molar-refractivity contribution in [1.82, 2.24) is 5.32 Å². The number of carbonyl (C=O) groups excluding carboxylic acids is 2. The number of carbonyl (C=O) groups is 2. The van der Waals surface area contributed by atoms with Gasteiger partial charge in [0.25, 0.3) is 0 Å². The normalized spacial score (nSPS) is 12.8. The van der Waals surface area contributed by atoms with Crippen LogP contribution in [0.2, 0.25) is 0 Å². The monoisotopic (exact) mass is 970 g/mol. The minimum atomic E-state index is -0.853. The van der Waals surface area contributed by atoms with E-state index in [1.807, 2.05) is 6.08 Å². The van der Waals surface area contributed by atoms with Crippen molar-refractivity contribution in [2.45, 2.75) is 341 Å². The molecular formula is C63H119NO5. The molecule has 0 saturated carbocycles. The topological polar surface area (TPSA) is 95.9 Å². The number of unbranched alkanes of at least 4 members (excludes halogenated alkanes) is 42. The summed E-state index contributed by atoms with van der Waals surface area (Å²) in [4.78, 5) is 24.6. The molecule has 1 amide bonds. The smallest absolute Gasteiger partial charge is 0.305 e. The highest BCUT2D eigenvalue weighted by atomic mass is 16.5. The maximum Gasteiger partial charge on any atom is 0.305 e. The van der Waals surface area contributed by atoms with E-state index in [1.165, 1.54) is 238 Å². The van der Waals surface area contributed by atoms with Crippen LogP contribution in [0.1, 0.15) is 328 Å². The molecule has 0 aromatic rings. The number of esters is 1. The van der Waals surface area contributed by atoms with Gasteiger partial charge in [0.1, 0.15) is 0 Å². The molecule has 69 heavy (non-hydrogen) atoms. The SMILES string of the molecule is CCCCC/C=C\C/C=C\CCCCCCCCCCCC(=O)OCCCCCCCCCCCCCCCCC(=O)NC(CO)C(O)/C=C/CCCCCCCCCCCCCCCCCCC. The molecule has 0 aliphatic carbocycles. The molecule has 0 aromatic carbocycles. The first-order valence-electron chi connectivity index (χ1n) is 30.8. The van der Waals surface area contributed by atoms with Crippen LogP contribution in [-0.2, 0) is 14.3 Å². The lowest BCUT2D eigenvalue weighted by Crippen LogP contribution is -2.45. The Morgan fingerprint density at radius 3 is 1.13 bits per heavy atom. The first kappa shape index (κ1) is 67.1. The van der Waals surface area contributed by atoms with Crippen molar-refractivity contribution in [1.29, 1.82) is 0 Å². The fraction of sp³-hybridized carbons (Fsp3) is 0.873. The summed E-state index contributed by atoms with van der Waals surface area (Å²) in [6, 6.07) is -0.637. The van der Waals surface area contributed by atoms with E-state index >= 15 is 0 Å². The second-order valence-corrected chi connectivity index (χ2v) is 21.0. The van der Waals surface area contributed by atoms with Gasteiger partial charge in [0.05, 0.1) is 25.4 Å². The minimum Gasteiger partial charge on any atom is -0.466 e. The van der Waals surface area contributed by atoms with Gasteiger partial charge in [-0.15, -0.1) is 0 Å². The van der Waals surface area contributed by atoms with Gasteiger partial charge < -0.3 is 20.3 Å². The molecule has 0 fully saturated rings. The highest BCUT2D eigenvalue weighted by Crippen LogP contribution is 2.17. The van der Waals surface area contributed by atoms with Crippen LogP contribution in [0, 0.1) is 0 Å². The number of aliphatic hydroxyl groups excluding tert-OH is 2. The highest BCUT2D eigenvalue weighted by molar-refractivity contribution is 5.76. The molecule has 0 radical (unpaired) electrons. The summed E-state index contributed by atoms with van der Waals surface area (Å²) in [7, 11) is 0. The number of hydrogen-bond acceptors (Lipinski definition) is 5. The first-order valence-corrected chi connectivity index (χ1v) is 30.8. The second-order valence-electron chi connectivity index (χ2n) is 21.0. The molecule has 6 heteroatoms. The van der Waals surface area contributed by atoms with E-state index in [1.54, 1.807) is 6.08 Å². The van der Waals surface area contributed by atoms with Crippen molar-refractivity contribution < 1.29 is 24.5 Å². The average Bonchev–Trinajstić information content (AvgIpc) is 3.35. The molecule has 6 nitrogen and oxygen atoms in total. The molecule has 0 spiro atoms. The zero-order chi connectivity index (χ0) is 50.0. The van der Waals surface area contributed by atoms with Crippen molar-refractivity contribution in [2.75, 3.05) is 13.2 Å². The molecule has 0 bridgehead atoms. The maximum atomic E-state index is 12.5. The van der Waals surface area contributed by atoms with Crippen LogP contribution in [0.3, 0.4) is 0 Å². The van der Waals surface area contributed by atoms with Crippen molar-refractivity contribution in [3.63, 3.8) is 0 Å². The number of nitrogens with one attached hydrogen (secondary N) is 1. The van der Waals surface area contributed by atoms with Crippen LogP contribution in [0.25, 0.3) is 0 Å². The Morgan fingerprint density at radius 1 is 0.406 bits per heavy atom. The predicted octanol–water partition coefficient (Wildman–Crippen LogP) is 19.2. The van der Waals surface area contributed by atoms with Crippen LogP contribution in [-0.4, -0.2) is 47.4 Å². The number of rotatable bonds is 57. The molecule has 2 atom stereocenters. The van der Waals surface area contributed by atoms with Crippen LogP contribution in [0.4, 0.5) is 0 Å². The summed E-state index contributed by atoms with van der Waals surface area (Å²) in [5.41, 5.74) is 0. The lowest BCUT2D eigenvalue weighted by molar-refractivity contribution is -0.143. The van der Waals surface area contributed by atoms with Crippen LogP contribution in [0.5, 0.6) is 0 Å². The Bertz CT molecular complexity index is 1120. The van der Waals surface area contributed by atoms with E-state index in [0.717, 1.165) is 64.2 Å². The van der Waals surface area contributed by atoms with Crippen LogP contribution in [0.15, 0.2) is 36.5 Å². The molecule has 0 saturated heterocycles. The van der Waals surface area contributed by atoms with Gasteiger partial charge in [-0.2, -0.15) is 0 Å². The molecule has 0 aliphatic rings. The maximum absolute atomic E-state index is 12.5. The molecule has 3 N–H and O–H groups in total. The van der Waals surface area contributed by atoms with Crippen molar-refractivity contribution in [3.05, 3.63) is 36.5 Å². The third-order valence-corrected chi connectivity index (χ3v) is 14.2. The van der Waals surface area contributed by atoms with Crippen molar-refractivity contribution >= 4 is 11.9 Å². The zero-order valence-corrected chi connectivity index (χ0v) is 46.3. The van der Waals surface area contributed by atoms with Gasteiger partial charge in [-0.3, -0.25) is 9.59 Å². The van der Waals surface area contributed by atoms with Gasteiger partial charge in [0, 0.05) is 12.8 Å². The number of amides is 1. The standard InChI is InChI=1S/C63H119NO5/c1-3-5-7-9-11-13-15-17-19-21-23-25-27-31-35-39-43-47-51-55-61(66)60(59-65)64-62(67)56-52-48-44-40-36-32-29-30-34-38-42-46-50-54-58-69-63(68)57-53-49-45-41-37-33-28-26-24-22-20-18-16-14-12-10-8-6-4-2/h12,14,18,20,51,55,60-61,65-66H,3-11,13,15-17,19,21-50,52-54,56-59H2,1-2H3,(H,64,67)/b14-12-,20-18-,55-51+. The number of aliphatic hydroxyl groups is 2. The second kappa shape index (κ2) is 58.6. The summed E-state index contributed by atoms with van der Waals surface area (Å²) < 4.78 is 5.49. The van der Waals surface area contributed by atoms with E-state index in [0.29, 0.717) is 19.4 Å². The molecule has 0 aromatic heterocycles. The quantitative estimate of drug-likeness (QED) is 0.0321. The van der Waals surface area contributed by atoms with Gasteiger partial charge in [0.2, 0.25) is 5.91 Å². The number of hydrogen-bond donors (Lipinski definition) is 3. The lowest BCUT2D eigenvalue weighted by atomic mass is 10.0. The largest absolute Gasteiger partial charge is 0.466 e. The molecular weight excluding hydrogens is 851 g/mol. The fourth-order valence-electron chi connectivity index (χ4n) is 9.43. The Balaban J connectivity index is 3.46.